The molecule has 2 saturated heterocycles. The van der Waals surface area contributed by atoms with E-state index in [2.05, 4.69) is 81.4 Å². The van der Waals surface area contributed by atoms with Gasteiger partial charge in [0, 0.05) is 49.4 Å². The highest BCUT2D eigenvalue weighted by molar-refractivity contribution is 6.00. The second-order valence-electron chi connectivity index (χ2n) is 24.1. The Morgan fingerprint density at radius 2 is 1.52 bits per heavy atom. The van der Waals surface area contributed by atoms with E-state index >= 15 is 0 Å². The maximum absolute atomic E-state index is 13.3. The van der Waals surface area contributed by atoms with E-state index in [0.29, 0.717) is 40.7 Å². The molecular formula is C56H79N3O4. The first-order valence-electron chi connectivity index (χ1n) is 24.9. The van der Waals surface area contributed by atoms with Crippen molar-refractivity contribution in [2.45, 2.75) is 162 Å². The number of hydrogen-bond donors (Lipinski definition) is 2. The van der Waals surface area contributed by atoms with Gasteiger partial charge in [-0.25, -0.2) is 4.79 Å². The normalized spacial score (nSPS) is 38.7. The highest BCUT2D eigenvalue weighted by atomic mass is 16.6. The van der Waals surface area contributed by atoms with E-state index in [9.17, 15) is 14.7 Å². The number of ether oxygens (including phenoxy) is 1. The van der Waals surface area contributed by atoms with E-state index < -0.39 is 11.7 Å². The summed E-state index contributed by atoms with van der Waals surface area (Å²) in [6, 6.07) is 17.8. The fourth-order valence-corrected chi connectivity index (χ4v) is 16.6. The third-order valence-corrected chi connectivity index (χ3v) is 19.6. The molecule has 1 amide bonds. The topological polar surface area (TPSA) is 82.1 Å². The fraction of sp³-hybridized carbons (Fsp3) is 0.679. The van der Waals surface area contributed by atoms with Crippen LogP contribution in [0, 0.1) is 51.2 Å². The Balaban J connectivity index is 0.905. The lowest BCUT2D eigenvalue weighted by Crippen LogP contribution is -2.68. The van der Waals surface area contributed by atoms with Gasteiger partial charge in [-0.15, -0.1) is 0 Å². The van der Waals surface area contributed by atoms with Crippen LogP contribution < -0.4 is 5.32 Å². The number of hydrogen-bond acceptors (Lipinski definition) is 6. The number of carbonyl (C=O) groups is 2. The van der Waals surface area contributed by atoms with E-state index in [1.165, 1.54) is 68.1 Å². The summed E-state index contributed by atoms with van der Waals surface area (Å²) in [5.74, 6) is 2.86. The highest BCUT2D eigenvalue weighted by Crippen LogP contribution is 2.76. The molecule has 7 nitrogen and oxygen atoms in total. The Morgan fingerprint density at radius 3 is 2.17 bits per heavy atom. The van der Waals surface area contributed by atoms with Crippen LogP contribution in [-0.2, 0) is 4.74 Å². The number of nitrogens with one attached hydrogen (secondary N) is 1. The zero-order valence-corrected chi connectivity index (χ0v) is 40.3. The first kappa shape index (κ1) is 44.9. The maximum atomic E-state index is 13.3. The average Bonchev–Trinajstić information content (AvgIpc) is 3.75. The number of carbonyl (C=O) groups excluding carboxylic acids is 2. The molecule has 2 heterocycles. The molecule has 2 aromatic rings. The number of aliphatic hydroxyl groups is 1. The van der Waals surface area contributed by atoms with E-state index in [4.69, 9.17) is 4.74 Å². The molecule has 12 atom stereocenters. The molecule has 4 saturated carbocycles. The quantitative estimate of drug-likeness (QED) is 0.193. The van der Waals surface area contributed by atoms with Gasteiger partial charge in [0.2, 0.25) is 0 Å². The lowest BCUT2D eigenvalue weighted by Gasteiger charge is -2.72. The number of amides is 1. The second kappa shape index (κ2) is 16.0. The summed E-state index contributed by atoms with van der Waals surface area (Å²) in [4.78, 5) is 31.2. The summed E-state index contributed by atoms with van der Waals surface area (Å²) in [5, 5.41) is 15.2. The van der Waals surface area contributed by atoms with Crippen LogP contribution in [0.15, 0.2) is 72.8 Å². The van der Waals surface area contributed by atoms with Crippen LogP contribution in [0.25, 0.3) is 5.57 Å². The number of piperazine rings is 1. The van der Waals surface area contributed by atoms with Gasteiger partial charge in [0.15, 0.2) is 5.78 Å². The maximum Gasteiger partial charge on any atom is 0.410 e. The largest absolute Gasteiger partial charge is 0.444 e. The van der Waals surface area contributed by atoms with Crippen molar-refractivity contribution in [1.82, 2.24) is 15.1 Å². The molecule has 1 unspecified atom stereocenters. The number of nitrogens with zero attached hydrogens (tertiary/aromatic N) is 2. The van der Waals surface area contributed by atoms with E-state index in [-0.39, 0.29) is 51.2 Å². The molecule has 5 aliphatic carbocycles. The molecule has 2 aromatic carbocycles. The molecule has 9 rings (SSSR count). The van der Waals surface area contributed by atoms with Gasteiger partial charge in [-0.3, -0.25) is 14.6 Å². The number of likely N-dealkylation sites (tertiary alicyclic amines) is 1. The van der Waals surface area contributed by atoms with Gasteiger partial charge in [0.1, 0.15) is 11.7 Å². The Labute approximate surface area is 379 Å². The smallest absolute Gasteiger partial charge is 0.410 e. The molecule has 342 valence electrons. The van der Waals surface area contributed by atoms with Crippen LogP contribution in [0.3, 0.4) is 0 Å². The minimum atomic E-state index is -1.16. The van der Waals surface area contributed by atoms with Crippen molar-refractivity contribution in [3.63, 3.8) is 0 Å². The van der Waals surface area contributed by atoms with Crippen molar-refractivity contribution < 1.29 is 19.4 Å². The Kier molecular flexibility index (Phi) is 11.4. The van der Waals surface area contributed by atoms with E-state index in [1.807, 2.05) is 63.2 Å². The zero-order valence-electron chi connectivity index (χ0n) is 40.3. The Hall–Kier alpha value is -3.26. The minimum Gasteiger partial charge on any atom is -0.444 e. The van der Waals surface area contributed by atoms with Crippen LogP contribution >= 0.6 is 0 Å². The van der Waals surface area contributed by atoms with Crippen molar-refractivity contribution in [3.05, 3.63) is 89.5 Å². The lowest BCUT2D eigenvalue weighted by atomic mass is 9.33. The molecule has 2 bridgehead atoms. The van der Waals surface area contributed by atoms with Gasteiger partial charge in [0.05, 0.1) is 0 Å². The summed E-state index contributed by atoms with van der Waals surface area (Å²) in [6.45, 7) is 30.0. The Bertz CT molecular complexity index is 2090. The number of fused-ring (bicyclic) bond motifs is 9. The molecule has 7 aliphatic rings. The lowest BCUT2D eigenvalue weighted by molar-refractivity contribution is -0.219. The van der Waals surface area contributed by atoms with E-state index in [0.717, 1.165) is 45.4 Å². The molecule has 0 aromatic heterocycles. The van der Waals surface area contributed by atoms with Crippen LogP contribution in [0.5, 0.6) is 0 Å². The summed E-state index contributed by atoms with van der Waals surface area (Å²) >= 11 is 0. The first-order chi connectivity index (χ1) is 29.7. The molecular weight excluding hydrogens is 779 g/mol. The molecule has 7 heteroatoms. The van der Waals surface area contributed by atoms with Crippen molar-refractivity contribution in [2.75, 3.05) is 26.2 Å². The third-order valence-electron chi connectivity index (χ3n) is 19.6. The number of benzene rings is 2. The fourth-order valence-electron chi connectivity index (χ4n) is 16.6. The van der Waals surface area contributed by atoms with Gasteiger partial charge in [0.25, 0.3) is 0 Å². The minimum absolute atomic E-state index is 0.00873. The monoisotopic (exact) mass is 858 g/mol. The van der Waals surface area contributed by atoms with Crippen LogP contribution in [0.4, 0.5) is 4.79 Å². The van der Waals surface area contributed by atoms with Crippen molar-refractivity contribution in [1.29, 1.82) is 0 Å². The predicted molar refractivity (Wildman–Crippen MR) is 254 cm³/mol. The van der Waals surface area contributed by atoms with E-state index in [1.54, 1.807) is 0 Å². The number of rotatable bonds is 9. The summed E-state index contributed by atoms with van der Waals surface area (Å²) < 4.78 is 5.84. The summed E-state index contributed by atoms with van der Waals surface area (Å²) in [5.41, 5.74) is 5.64. The van der Waals surface area contributed by atoms with Gasteiger partial charge >= 0.3 is 6.09 Å². The van der Waals surface area contributed by atoms with Gasteiger partial charge in [-0.05, 0) is 166 Å². The standard InChI is InChI=1S/C56H79N3O4/c1-36(2)42-24-29-56(57-32-33-58-34-40-20-21-41(35-58)59(40)50(62)63-51(3,4)5)31-30-54(9)44(47(42)56)22-23-46-53(8)27-25-43(52(6,7)45(53)26-28-55(46,54)10)37-16-18-39(19-17-37)49(61)48(60)38-14-12-11-13-15-38/h11-19,25,40-42,44-48,57,60H,1,20-24,26-35H2,2-10H3/t40-,41+,42-,44+,45-,46+,47+,48?,53-,54+,55+,56-/m0/s1. The predicted octanol–water partition coefficient (Wildman–Crippen LogP) is 11.7. The number of aliphatic hydroxyl groups excluding tert-OH is 1. The third kappa shape index (κ3) is 7.32. The van der Waals surface area contributed by atoms with Crippen LogP contribution in [0.2, 0.25) is 0 Å². The zero-order chi connectivity index (χ0) is 44.9. The first-order valence-corrected chi connectivity index (χ1v) is 24.9. The van der Waals surface area contributed by atoms with Crippen LogP contribution in [0.1, 0.15) is 161 Å². The van der Waals surface area contributed by atoms with Crippen molar-refractivity contribution >= 4 is 17.4 Å². The summed E-state index contributed by atoms with van der Waals surface area (Å²) in [6.07, 6.45) is 14.8. The number of ketones is 1. The summed E-state index contributed by atoms with van der Waals surface area (Å²) in [7, 11) is 0. The van der Waals surface area contributed by atoms with Crippen molar-refractivity contribution in [3.8, 4) is 0 Å². The number of Topliss-reactive ketones (excluding diaryl/α,β-unsaturated/α-hetero) is 1. The molecule has 6 fully saturated rings. The second-order valence-corrected chi connectivity index (χ2v) is 24.1. The highest BCUT2D eigenvalue weighted by Gasteiger charge is 2.70. The van der Waals surface area contributed by atoms with Crippen molar-refractivity contribution in [2.24, 2.45) is 51.2 Å². The molecule has 0 spiro atoms. The van der Waals surface area contributed by atoms with Gasteiger partial charge < -0.3 is 15.2 Å². The molecule has 2 N–H and O–H groups in total. The molecule has 63 heavy (non-hydrogen) atoms. The Morgan fingerprint density at radius 1 is 0.841 bits per heavy atom. The average molecular weight is 858 g/mol. The van der Waals surface area contributed by atoms with Gasteiger partial charge in [-0.2, -0.15) is 0 Å². The van der Waals surface area contributed by atoms with Crippen LogP contribution in [-0.4, -0.2) is 76.2 Å². The molecule has 0 radical (unpaired) electrons. The van der Waals surface area contributed by atoms with Gasteiger partial charge in [-0.1, -0.05) is 107 Å². The molecule has 2 aliphatic heterocycles. The number of allylic oxidation sites excluding steroid dienone is 3. The SMILES string of the molecule is C=C(C)[C@@H]1CC[C@]2(NCCN3C[C@H]4CC[C@@H](C3)N4C(=O)OC(C)(C)C)CC[C@]3(C)[C@H](CC[C@@H]4[C@@]5(C)CC=C(c6ccc(C(=O)C(O)c7ccccc7)cc6)C(C)(C)[C@@H]5CC[C@]43C)[C@@H]12.